The summed E-state index contributed by atoms with van der Waals surface area (Å²) in [4.78, 5) is 14.8. The summed E-state index contributed by atoms with van der Waals surface area (Å²) in [6.07, 6.45) is 0. The molecule has 0 saturated heterocycles. The molecule has 180 valence electrons. The van der Waals surface area contributed by atoms with Gasteiger partial charge in [-0.05, 0) is 67.8 Å². The lowest BCUT2D eigenvalue weighted by Gasteiger charge is -2.17. The number of amides is 1. The highest BCUT2D eigenvalue weighted by Gasteiger charge is 2.21. The van der Waals surface area contributed by atoms with Gasteiger partial charge in [-0.15, -0.1) is 4.83 Å². The zero-order chi connectivity index (χ0) is 25.1. The molecule has 1 amide bonds. The molecule has 0 aromatic heterocycles. The van der Waals surface area contributed by atoms with Crippen molar-refractivity contribution >= 4 is 26.0 Å². The molecular weight excluding hydrogens is 474 g/mol. The molecule has 8 nitrogen and oxygen atoms in total. The van der Waals surface area contributed by atoms with Gasteiger partial charge in [0.2, 0.25) is 10.0 Å². The van der Waals surface area contributed by atoms with Gasteiger partial charge in [-0.25, -0.2) is 16.8 Å². The average Bonchev–Trinajstić information content (AvgIpc) is 2.79. The third-order valence-electron chi connectivity index (χ3n) is 5.28. The number of nitrogens with zero attached hydrogens (tertiary/aromatic N) is 1. The summed E-state index contributed by atoms with van der Waals surface area (Å²) in [6, 6.07) is 17.9. The molecule has 3 rings (SSSR count). The number of aryl methyl sites for hydroxylation is 3. The van der Waals surface area contributed by atoms with Gasteiger partial charge in [0.15, 0.2) is 0 Å². The van der Waals surface area contributed by atoms with Crippen LogP contribution in [0.15, 0.2) is 76.5 Å². The van der Waals surface area contributed by atoms with Crippen molar-refractivity contribution in [1.82, 2.24) is 14.6 Å². The van der Waals surface area contributed by atoms with Crippen molar-refractivity contribution in [2.24, 2.45) is 0 Å². The van der Waals surface area contributed by atoms with Crippen LogP contribution in [0.2, 0.25) is 0 Å². The molecule has 0 atom stereocenters. The second-order valence-corrected chi connectivity index (χ2v) is 11.8. The minimum absolute atomic E-state index is 0.0842. The number of hydrazine groups is 1. The molecule has 3 aromatic rings. The van der Waals surface area contributed by atoms with E-state index >= 15 is 0 Å². The lowest BCUT2D eigenvalue weighted by Crippen LogP contribution is -2.41. The van der Waals surface area contributed by atoms with E-state index < -0.39 is 26.0 Å². The predicted molar refractivity (Wildman–Crippen MR) is 130 cm³/mol. The first-order chi connectivity index (χ1) is 15.9. The number of carbonyl (C=O) groups is 1. The van der Waals surface area contributed by atoms with Crippen molar-refractivity contribution in [2.75, 3.05) is 7.05 Å². The normalized spacial score (nSPS) is 12.0. The van der Waals surface area contributed by atoms with E-state index in [-0.39, 0.29) is 21.9 Å². The quantitative estimate of drug-likeness (QED) is 0.461. The minimum Gasteiger partial charge on any atom is -0.273 e. The molecule has 0 aliphatic heterocycles. The molecule has 0 aliphatic carbocycles. The Morgan fingerprint density at radius 1 is 0.824 bits per heavy atom. The van der Waals surface area contributed by atoms with E-state index in [4.69, 9.17) is 0 Å². The van der Waals surface area contributed by atoms with Gasteiger partial charge in [-0.2, -0.15) is 4.31 Å². The Kier molecular flexibility index (Phi) is 7.57. The van der Waals surface area contributed by atoms with Crippen LogP contribution in [0.4, 0.5) is 0 Å². The van der Waals surface area contributed by atoms with Gasteiger partial charge in [-0.3, -0.25) is 10.2 Å². The summed E-state index contributed by atoms with van der Waals surface area (Å²) >= 11 is 0. The lowest BCUT2D eigenvalue weighted by atomic mass is 10.1. The van der Waals surface area contributed by atoms with Crippen molar-refractivity contribution in [3.05, 3.63) is 94.5 Å². The van der Waals surface area contributed by atoms with Crippen molar-refractivity contribution in [2.45, 2.75) is 37.1 Å². The molecular formula is C24H27N3O5S2. The molecule has 3 aromatic carbocycles. The Bertz CT molecular complexity index is 1400. The maximum atomic E-state index is 12.8. The molecule has 2 N–H and O–H groups in total. The second-order valence-electron chi connectivity index (χ2n) is 8.10. The van der Waals surface area contributed by atoms with Crippen LogP contribution in [0.1, 0.15) is 32.6 Å². The predicted octanol–water partition coefficient (Wildman–Crippen LogP) is 3.06. The zero-order valence-corrected chi connectivity index (χ0v) is 21.0. The highest BCUT2D eigenvalue weighted by Crippen LogP contribution is 2.18. The number of hydrogen-bond donors (Lipinski definition) is 2. The number of rotatable bonds is 8. The first kappa shape index (κ1) is 25.6. The monoisotopic (exact) mass is 501 g/mol. The summed E-state index contributed by atoms with van der Waals surface area (Å²) < 4.78 is 51.9. The zero-order valence-electron chi connectivity index (χ0n) is 19.4. The standard InChI is InChI=1S/C24H27N3O5S2/c1-17-6-13-22(14-7-17)34(31,32)27(4)16-20-9-11-21(12-10-20)24(28)25-26-33(29,30)23-15-18(2)5-8-19(23)3/h5-15,26H,16H2,1-4H3,(H,25,28). The van der Waals surface area contributed by atoms with Crippen molar-refractivity contribution in [3.63, 3.8) is 0 Å². The largest absolute Gasteiger partial charge is 0.273 e. The van der Waals surface area contributed by atoms with Gasteiger partial charge in [0.1, 0.15) is 0 Å². The van der Waals surface area contributed by atoms with Crippen LogP contribution in [0.3, 0.4) is 0 Å². The molecule has 10 heteroatoms. The molecule has 0 heterocycles. The van der Waals surface area contributed by atoms with Crippen LogP contribution >= 0.6 is 0 Å². The molecule has 0 saturated carbocycles. The van der Waals surface area contributed by atoms with Gasteiger partial charge < -0.3 is 0 Å². The van der Waals surface area contributed by atoms with Crippen molar-refractivity contribution in [1.29, 1.82) is 0 Å². The highest BCUT2D eigenvalue weighted by molar-refractivity contribution is 7.89. The molecule has 0 fully saturated rings. The van der Waals surface area contributed by atoms with Crippen molar-refractivity contribution in [3.8, 4) is 0 Å². The van der Waals surface area contributed by atoms with E-state index in [2.05, 4.69) is 10.3 Å². The smallest absolute Gasteiger partial charge is 0.266 e. The van der Waals surface area contributed by atoms with E-state index in [1.807, 2.05) is 6.92 Å². The fourth-order valence-corrected chi connectivity index (χ4v) is 5.56. The number of hydrogen-bond acceptors (Lipinski definition) is 5. The van der Waals surface area contributed by atoms with Crippen LogP contribution in [0, 0.1) is 20.8 Å². The van der Waals surface area contributed by atoms with E-state index in [0.29, 0.717) is 11.1 Å². The van der Waals surface area contributed by atoms with E-state index in [9.17, 15) is 21.6 Å². The SMILES string of the molecule is Cc1ccc(S(=O)(=O)N(C)Cc2ccc(C(=O)NNS(=O)(=O)c3cc(C)ccc3C)cc2)cc1. The third-order valence-corrected chi connectivity index (χ3v) is 8.49. The lowest BCUT2D eigenvalue weighted by molar-refractivity contribution is 0.0945. The average molecular weight is 502 g/mol. The van der Waals surface area contributed by atoms with Gasteiger partial charge in [-0.1, -0.05) is 42.0 Å². The van der Waals surface area contributed by atoms with Gasteiger partial charge in [0.05, 0.1) is 9.79 Å². The highest BCUT2D eigenvalue weighted by atomic mass is 32.2. The molecule has 0 bridgehead atoms. The molecule has 0 radical (unpaired) electrons. The Labute approximate surface area is 200 Å². The molecule has 0 aliphatic rings. The summed E-state index contributed by atoms with van der Waals surface area (Å²) in [7, 11) is -6.12. The van der Waals surface area contributed by atoms with Gasteiger partial charge in [0.25, 0.3) is 15.9 Å². The minimum atomic E-state index is -3.94. The van der Waals surface area contributed by atoms with Crippen LogP contribution < -0.4 is 10.3 Å². The number of carbonyl (C=O) groups excluding carboxylic acids is 1. The fraction of sp³-hybridized carbons (Fsp3) is 0.208. The van der Waals surface area contributed by atoms with Crippen LogP contribution in [-0.4, -0.2) is 34.1 Å². The van der Waals surface area contributed by atoms with Crippen LogP contribution in [0.25, 0.3) is 0 Å². The fourth-order valence-electron chi connectivity index (χ4n) is 3.23. The summed E-state index contributed by atoms with van der Waals surface area (Å²) in [6.45, 7) is 5.44. The molecule has 0 unspecified atom stereocenters. The summed E-state index contributed by atoms with van der Waals surface area (Å²) in [5, 5.41) is 0. The van der Waals surface area contributed by atoms with Crippen molar-refractivity contribution < 1.29 is 21.6 Å². The van der Waals surface area contributed by atoms with E-state index in [0.717, 1.165) is 11.1 Å². The summed E-state index contributed by atoms with van der Waals surface area (Å²) in [5.74, 6) is -0.638. The second kappa shape index (κ2) is 10.1. The first-order valence-electron chi connectivity index (χ1n) is 10.4. The number of nitrogens with one attached hydrogen (secondary N) is 2. The topological polar surface area (TPSA) is 113 Å². The Morgan fingerprint density at radius 3 is 2.03 bits per heavy atom. The Morgan fingerprint density at radius 2 is 1.41 bits per heavy atom. The van der Waals surface area contributed by atoms with E-state index in [1.165, 1.54) is 29.6 Å². The van der Waals surface area contributed by atoms with Gasteiger partial charge in [0, 0.05) is 19.2 Å². The van der Waals surface area contributed by atoms with Crippen LogP contribution in [-0.2, 0) is 26.6 Å². The maximum Gasteiger partial charge on any atom is 0.266 e. The Balaban J connectivity index is 1.65. The molecule has 0 spiro atoms. The first-order valence-corrected chi connectivity index (χ1v) is 13.3. The number of benzene rings is 3. The summed E-state index contributed by atoms with van der Waals surface area (Å²) in [5.41, 5.74) is 5.40. The Hall–Kier alpha value is -3.05. The van der Waals surface area contributed by atoms with Crippen LogP contribution in [0.5, 0.6) is 0 Å². The van der Waals surface area contributed by atoms with Gasteiger partial charge >= 0.3 is 0 Å². The van der Waals surface area contributed by atoms with E-state index in [1.54, 1.807) is 62.4 Å². The maximum absolute atomic E-state index is 12.8. The number of sulfonamides is 2. The molecule has 34 heavy (non-hydrogen) atoms. The third kappa shape index (κ3) is 5.89.